The molecule has 8 nitrogen and oxygen atoms in total. The second-order valence-corrected chi connectivity index (χ2v) is 6.87. The van der Waals surface area contributed by atoms with Crippen LogP contribution in [0.4, 0.5) is 21.5 Å². The van der Waals surface area contributed by atoms with Crippen molar-refractivity contribution in [3.63, 3.8) is 0 Å². The van der Waals surface area contributed by atoms with E-state index in [2.05, 4.69) is 24.1 Å². The number of rotatable bonds is 6. The predicted octanol–water partition coefficient (Wildman–Crippen LogP) is 3.94. The molecule has 0 saturated carbocycles. The molecule has 0 saturated heterocycles. The molecule has 3 rings (SSSR count). The van der Waals surface area contributed by atoms with E-state index < -0.39 is 22.3 Å². The molecule has 0 unspecified atom stereocenters. The average Bonchev–Trinajstić information content (AvgIpc) is 3.11. The van der Waals surface area contributed by atoms with Crippen LogP contribution in [0.25, 0.3) is 0 Å². The van der Waals surface area contributed by atoms with Gasteiger partial charge in [-0.25, -0.2) is 9.37 Å². The van der Waals surface area contributed by atoms with Gasteiger partial charge in [0.25, 0.3) is 11.6 Å². The molecular weight excluding hydrogens is 377 g/mol. The maximum atomic E-state index is 13.7. The van der Waals surface area contributed by atoms with Crippen molar-refractivity contribution in [3.05, 3.63) is 81.7 Å². The lowest BCUT2D eigenvalue weighted by Gasteiger charge is -2.12. The van der Waals surface area contributed by atoms with Gasteiger partial charge in [-0.15, -0.1) is 0 Å². The number of halogens is 1. The summed E-state index contributed by atoms with van der Waals surface area (Å²) >= 11 is 0. The van der Waals surface area contributed by atoms with Crippen molar-refractivity contribution in [2.24, 2.45) is 0 Å². The van der Waals surface area contributed by atoms with Crippen molar-refractivity contribution in [2.45, 2.75) is 26.3 Å². The number of anilines is 2. The Kier molecular flexibility index (Phi) is 5.58. The number of nitrogen functional groups attached to an aromatic ring is 1. The van der Waals surface area contributed by atoms with Crippen LogP contribution in [0, 0.1) is 15.9 Å². The molecule has 3 aromatic rings. The summed E-state index contributed by atoms with van der Waals surface area (Å²) in [6.07, 6.45) is 3.62. The summed E-state index contributed by atoms with van der Waals surface area (Å²) in [5.41, 5.74) is 5.75. The van der Waals surface area contributed by atoms with E-state index >= 15 is 0 Å². The molecule has 1 amide bonds. The first-order chi connectivity index (χ1) is 13.8. The van der Waals surface area contributed by atoms with Gasteiger partial charge in [0.15, 0.2) is 0 Å². The Morgan fingerprint density at radius 3 is 2.79 bits per heavy atom. The summed E-state index contributed by atoms with van der Waals surface area (Å²) in [6.45, 7) is 4.67. The number of nitrogens with zero attached hydrogens (tertiary/aromatic N) is 3. The van der Waals surface area contributed by atoms with Crippen molar-refractivity contribution in [2.75, 3.05) is 11.1 Å². The molecule has 0 aliphatic carbocycles. The molecule has 0 spiro atoms. The molecule has 29 heavy (non-hydrogen) atoms. The van der Waals surface area contributed by atoms with Crippen LogP contribution in [0.1, 0.15) is 41.5 Å². The zero-order valence-corrected chi connectivity index (χ0v) is 15.9. The van der Waals surface area contributed by atoms with E-state index in [1.54, 1.807) is 24.4 Å². The number of nitro benzene ring substituents is 1. The first kappa shape index (κ1) is 20.0. The van der Waals surface area contributed by atoms with E-state index in [1.807, 2.05) is 16.8 Å². The summed E-state index contributed by atoms with van der Waals surface area (Å²) in [5, 5.41) is 13.6. The van der Waals surface area contributed by atoms with Crippen LogP contribution in [0.2, 0.25) is 0 Å². The van der Waals surface area contributed by atoms with E-state index in [9.17, 15) is 19.3 Å². The molecule has 150 valence electrons. The topological polar surface area (TPSA) is 116 Å². The van der Waals surface area contributed by atoms with Crippen LogP contribution in [0.3, 0.4) is 0 Å². The number of carbonyl (C=O) groups excluding carboxylic acids is 1. The standard InChI is InChI=1S/C20H20FN5O3/c1-12(2)19-23-6-7-25(19)11-13-4-3-5-15(8-13)24-20(27)16-9-14(21)10-17(18(16)22)26(28)29/h3-10,12H,11,22H2,1-2H3,(H,24,27). The molecule has 2 aromatic carbocycles. The van der Waals surface area contributed by atoms with E-state index in [1.165, 1.54) is 0 Å². The summed E-state index contributed by atoms with van der Waals surface area (Å²) in [5.74, 6) is -0.433. The third-order valence-corrected chi connectivity index (χ3v) is 4.37. The normalized spacial score (nSPS) is 10.9. The first-order valence-electron chi connectivity index (χ1n) is 8.91. The minimum atomic E-state index is -0.911. The van der Waals surface area contributed by atoms with Gasteiger partial charge in [-0.3, -0.25) is 14.9 Å². The molecular formula is C20H20FN5O3. The molecule has 0 bridgehead atoms. The molecule has 0 aliphatic rings. The van der Waals surface area contributed by atoms with Gasteiger partial charge in [-0.05, 0) is 23.8 Å². The van der Waals surface area contributed by atoms with Crippen LogP contribution in [-0.2, 0) is 6.54 Å². The van der Waals surface area contributed by atoms with Crippen LogP contribution in [0.5, 0.6) is 0 Å². The fourth-order valence-electron chi connectivity index (χ4n) is 3.04. The Morgan fingerprint density at radius 1 is 1.34 bits per heavy atom. The van der Waals surface area contributed by atoms with Crippen LogP contribution in [-0.4, -0.2) is 20.4 Å². The fraction of sp³-hybridized carbons (Fsp3) is 0.200. The molecule has 0 fully saturated rings. The minimum absolute atomic E-state index is 0.264. The predicted molar refractivity (Wildman–Crippen MR) is 107 cm³/mol. The molecule has 1 aromatic heterocycles. The van der Waals surface area contributed by atoms with Gasteiger partial charge in [0.1, 0.15) is 17.3 Å². The first-order valence-corrected chi connectivity index (χ1v) is 8.91. The highest BCUT2D eigenvalue weighted by atomic mass is 19.1. The third kappa shape index (κ3) is 4.40. The van der Waals surface area contributed by atoms with E-state index in [4.69, 9.17) is 5.73 Å². The monoisotopic (exact) mass is 397 g/mol. The number of benzene rings is 2. The lowest BCUT2D eigenvalue weighted by molar-refractivity contribution is -0.384. The number of nitrogens with one attached hydrogen (secondary N) is 1. The van der Waals surface area contributed by atoms with E-state index in [-0.39, 0.29) is 17.2 Å². The highest BCUT2D eigenvalue weighted by molar-refractivity contribution is 6.08. The Balaban J connectivity index is 1.83. The van der Waals surface area contributed by atoms with Gasteiger partial charge in [-0.2, -0.15) is 0 Å². The average molecular weight is 397 g/mol. The van der Waals surface area contributed by atoms with E-state index in [0.717, 1.165) is 17.5 Å². The summed E-state index contributed by atoms with van der Waals surface area (Å²) in [4.78, 5) is 27.1. The van der Waals surface area contributed by atoms with Gasteiger partial charge < -0.3 is 15.6 Å². The summed E-state index contributed by atoms with van der Waals surface area (Å²) in [6, 6.07) is 8.68. The van der Waals surface area contributed by atoms with Crippen molar-refractivity contribution < 1.29 is 14.1 Å². The van der Waals surface area contributed by atoms with E-state index in [0.29, 0.717) is 18.3 Å². The second kappa shape index (κ2) is 8.09. The third-order valence-electron chi connectivity index (χ3n) is 4.37. The SMILES string of the molecule is CC(C)c1nccn1Cc1cccc(NC(=O)c2cc(F)cc([N+](=O)[O-])c2N)c1. The summed E-state index contributed by atoms with van der Waals surface area (Å²) in [7, 11) is 0. The lowest BCUT2D eigenvalue weighted by Crippen LogP contribution is -2.16. The Morgan fingerprint density at radius 2 is 2.10 bits per heavy atom. The van der Waals surface area contributed by atoms with Crippen LogP contribution < -0.4 is 11.1 Å². The molecule has 9 heteroatoms. The van der Waals surface area contributed by atoms with Gasteiger partial charge in [0.2, 0.25) is 0 Å². The number of nitro groups is 1. The van der Waals surface area contributed by atoms with Crippen molar-refractivity contribution >= 4 is 23.0 Å². The van der Waals surface area contributed by atoms with Gasteiger partial charge >= 0.3 is 0 Å². The largest absolute Gasteiger partial charge is 0.393 e. The van der Waals surface area contributed by atoms with Crippen molar-refractivity contribution in [1.82, 2.24) is 9.55 Å². The zero-order chi connectivity index (χ0) is 21.1. The summed E-state index contributed by atoms with van der Waals surface area (Å²) < 4.78 is 15.7. The van der Waals surface area contributed by atoms with Crippen LogP contribution >= 0.6 is 0 Å². The quantitative estimate of drug-likeness (QED) is 0.371. The van der Waals surface area contributed by atoms with Gasteiger partial charge in [-0.1, -0.05) is 26.0 Å². The number of imidazole rings is 1. The molecule has 0 atom stereocenters. The maximum Gasteiger partial charge on any atom is 0.295 e. The highest BCUT2D eigenvalue weighted by Gasteiger charge is 2.22. The van der Waals surface area contributed by atoms with Gasteiger partial charge in [0, 0.05) is 30.5 Å². The molecule has 3 N–H and O–H groups in total. The maximum absolute atomic E-state index is 13.7. The number of nitrogens with two attached hydrogens (primary N) is 1. The zero-order valence-electron chi connectivity index (χ0n) is 15.9. The number of carbonyl (C=O) groups is 1. The highest BCUT2D eigenvalue weighted by Crippen LogP contribution is 2.27. The lowest BCUT2D eigenvalue weighted by atomic mass is 10.1. The number of aromatic nitrogens is 2. The minimum Gasteiger partial charge on any atom is -0.393 e. The van der Waals surface area contributed by atoms with Gasteiger partial charge in [0.05, 0.1) is 16.6 Å². The number of hydrogen-bond donors (Lipinski definition) is 2. The Hall–Kier alpha value is -3.75. The second-order valence-electron chi connectivity index (χ2n) is 6.87. The van der Waals surface area contributed by atoms with Crippen molar-refractivity contribution in [1.29, 1.82) is 0 Å². The van der Waals surface area contributed by atoms with Crippen LogP contribution in [0.15, 0.2) is 48.8 Å². The molecule has 0 radical (unpaired) electrons. The van der Waals surface area contributed by atoms with Crippen molar-refractivity contribution in [3.8, 4) is 0 Å². The Labute approximate surface area is 166 Å². The fourth-order valence-corrected chi connectivity index (χ4v) is 3.04. The molecule has 0 aliphatic heterocycles. The number of amides is 1. The Bertz CT molecular complexity index is 1080. The smallest absolute Gasteiger partial charge is 0.295 e. The number of hydrogen-bond acceptors (Lipinski definition) is 5. The molecule has 1 heterocycles.